The zero-order valence-electron chi connectivity index (χ0n) is 9.89. The highest BCUT2D eigenvalue weighted by Crippen LogP contribution is 2.17. The molecular formula is C13H10BrN5. The Hall–Kier alpha value is -2.21. The quantitative estimate of drug-likeness (QED) is 0.698. The summed E-state index contributed by atoms with van der Waals surface area (Å²) in [5.41, 5.74) is 2.05. The van der Waals surface area contributed by atoms with Gasteiger partial charge in [-0.2, -0.15) is 5.10 Å². The smallest absolute Gasteiger partial charge is 0.141 e. The fourth-order valence-corrected chi connectivity index (χ4v) is 2.13. The van der Waals surface area contributed by atoms with Gasteiger partial charge in [0.05, 0.1) is 11.9 Å². The van der Waals surface area contributed by atoms with E-state index in [0.717, 1.165) is 15.9 Å². The van der Waals surface area contributed by atoms with Crippen LogP contribution in [0.15, 0.2) is 64.8 Å². The predicted octanol–water partition coefficient (Wildman–Crippen LogP) is 2.71. The van der Waals surface area contributed by atoms with Crippen molar-refractivity contribution in [1.29, 1.82) is 0 Å². The van der Waals surface area contributed by atoms with Crippen LogP contribution >= 0.6 is 15.9 Å². The molecule has 2 aromatic heterocycles. The number of hydrogen-bond donors (Lipinski definition) is 0. The van der Waals surface area contributed by atoms with Crippen molar-refractivity contribution in [2.45, 2.75) is 0 Å². The molecule has 0 spiro atoms. The molecule has 94 valence electrons. The fourth-order valence-electron chi connectivity index (χ4n) is 1.74. The van der Waals surface area contributed by atoms with Crippen LogP contribution in [-0.2, 0) is 0 Å². The van der Waals surface area contributed by atoms with E-state index in [2.05, 4.69) is 41.9 Å². The van der Waals surface area contributed by atoms with Crippen molar-refractivity contribution >= 4 is 22.1 Å². The standard InChI is InChI=1S/C13H10BrN5/c14-11-3-1-4-12(7-11)19-6-2-5-13(19)8-17-18-9-15-16-10-18/h1-10H/b17-8-. The number of aromatic nitrogens is 4. The molecule has 0 amide bonds. The predicted molar refractivity (Wildman–Crippen MR) is 76.5 cm³/mol. The molecule has 5 nitrogen and oxygen atoms in total. The van der Waals surface area contributed by atoms with Crippen LogP contribution in [0.3, 0.4) is 0 Å². The lowest BCUT2D eigenvalue weighted by molar-refractivity contribution is 0.875. The molecule has 0 saturated heterocycles. The molecule has 3 aromatic rings. The summed E-state index contributed by atoms with van der Waals surface area (Å²) in [4.78, 5) is 0. The normalized spacial score (nSPS) is 11.2. The van der Waals surface area contributed by atoms with Gasteiger partial charge in [-0.25, -0.2) is 4.68 Å². The molecule has 0 fully saturated rings. The summed E-state index contributed by atoms with van der Waals surface area (Å²) in [5.74, 6) is 0. The van der Waals surface area contributed by atoms with Crippen LogP contribution in [0, 0.1) is 0 Å². The van der Waals surface area contributed by atoms with Gasteiger partial charge in [-0.1, -0.05) is 22.0 Å². The molecule has 0 N–H and O–H groups in total. The zero-order valence-corrected chi connectivity index (χ0v) is 11.5. The Bertz CT molecular complexity index is 699. The number of hydrogen-bond acceptors (Lipinski definition) is 3. The van der Waals surface area contributed by atoms with Crippen molar-refractivity contribution in [2.75, 3.05) is 0 Å². The highest BCUT2D eigenvalue weighted by molar-refractivity contribution is 9.10. The SMILES string of the molecule is Brc1cccc(-n2cccc2/C=N\n2cnnc2)c1. The van der Waals surface area contributed by atoms with Crippen molar-refractivity contribution in [3.8, 4) is 5.69 Å². The van der Waals surface area contributed by atoms with Gasteiger partial charge >= 0.3 is 0 Å². The topological polar surface area (TPSA) is 48.0 Å². The highest BCUT2D eigenvalue weighted by Gasteiger charge is 2.01. The minimum Gasteiger partial charge on any atom is -0.316 e. The van der Waals surface area contributed by atoms with Gasteiger partial charge in [-0.15, -0.1) is 10.2 Å². The number of benzene rings is 1. The second-order valence-electron chi connectivity index (χ2n) is 3.87. The largest absolute Gasteiger partial charge is 0.316 e. The van der Waals surface area contributed by atoms with Crippen LogP contribution in [0.4, 0.5) is 0 Å². The molecule has 6 heteroatoms. The minimum absolute atomic E-state index is 0.979. The van der Waals surface area contributed by atoms with E-state index < -0.39 is 0 Å². The molecule has 1 aromatic carbocycles. The maximum Gasteiger partial charge on any atom is 0.141 e. The third-order valence-electron chi connectivity index (χ3n) is 2.60. The van der Waals surface area contributed by atoms with E-state index in [4.69, 9.17) is 0 Å². The Morgan fingerprint density at radius 3 is 2.74 bits per heavy atom. The molecule has 0 aliphatic rings. The summed E-state index contributed by atoms with van der Waals surface area (Å²) >= 11 is 3.48. The highest BCUT2D eigenvalue weighted by atomic mass is 79.9. The Kier molecular flexibility index (Phi) is 3.24. The van der Waals surface area contributed by atoms with Crippen molar-refractivity contribution in [1.82, 2.24) is 19.4 Å². The maximum atomic E-state index is 4.25. The number of halogens is 1. The molecule has 0 atom stereocenters. The molecule has 0 radical (unpaired) electrons. The van der Waals surface area contributed by atoms with Gasteiger partial charge in [-0.3, -0.25) is 0 Å². The Morgan fingerprint density at radius 2 is 1.95 bits per heavy atom. The van der Waals surface area contributed by atoms with E-state index in [1.54, 1.807) is 23.5 Å². The Morgan fingerprint density at radius 1 is 1.11 bits per heavy atom. The lowest BCUT2D eigenvalue weighted by atomic mass is 10.3. The summed E-state index contributed by atoms with van der Waals surface area (Å²) in [6.45, 7) is 0. The van der Waals surface area contributed by atoms with Crippen LogP contribution in [0.5, 0.6) is 0 Å². The molecule has 0 aliphatic carbocycles. The van der Waals surface area contributed by atoms with Gasteiger partial charge in [0, 0.05) is 16.4 Å². The lowest BCUT2D eigenvalue weighted by Crippen LogP contribution is -1.98. The summed E-state index contributed by atoms with van der Waals surface area (Å²) in [5, 5.41) is 11.7. The summed E-state index contributed by atoms with van der Waals surface area (Å²) < 4.78 is 4.65. The van der Waals surface area contributed by atoms with Crippen molar-refractivity contribution in [3.05, 3.63) is 65.4 Å². The van der Waals surface area contributed by atoms with Crippen LogP contribution in [0.1, 0.15) is 5.69 Å². The van der Waals surface area contributed by atoms with E-state index in [1.807, 2.05) is 36.5 Å². The molecule has 3 rings (SSSR count). The lowest BCUT2D eigenvalue weighted by Gasteiger charge is -2.06. The van der Waals surface area contributed by atoms with Crippen LogP contribution in [0.25, 0.3) is 5.69 Å². The molecule has 0 aliphatic heterocycles. The Labute approximate surface area is 118 Å². The van der Waals surface area contributed by atoms with Gasteiger partial charge in [0.25, 0.3) is 0 Å². The van der Waals surface area contributed by atoms with Crippen LogP contribution < -0.4 is 0 Å². The molecule has 19 heavy (non-hydrogen) atoms. The van der Waals surface area contributed by atoms with E-state index in [9.17, 15) is 0 Å². The first-order chi connectivity index (χ1) is 9.33. The third-order valence-corrected chi connectivity index (χ3v) is 3.09. The van der Waals surface area contributed by atoms with E-state index in [0.29, 0.717) is 0 Å². The van der Waals surface area contributed by atoms with Crippen LogP contribution in [-0.4, -0.2) is 25.7 Å². The van der Waals surface area contributed by atoms with Crippen molar-refractivity contribution < 1.29 is 0 Å². The van der Waals surface area contributed by atoms with Gasteiger partial charge in [0.1, 0.15) is 12.7 Å². The summed E-state index contributed by atoms with van der Waals surface area (Å²) in [7, 11) is 0. The number of rotatable bonds is 3. The van der Waals surface area contributed by atoms with E-state index in [-0.39, 0.29) is 0 Å². The summed E-state index contributed by atoms with van der Waals surface area (Å²) in [6, 6.07) is 12.1. The maximum absolute atomic E-state index is 4.25. The van der Waals surface area contributed by atoms with Gasteiger partial charge in [-0.05, 0) is 30.3 Å². The van der Waals surface area contributed by atoms with E-state index >= 15 is 0 Å². The van der Waals surface area contributed by atoms with Gasteiger partial charge < -0.3 is 4.57 Å². The van der Waals surface area contributed by atoms with Gasteiger partial charge in [0.2, 0.25) is 0 Å². The van der Waals surface area contributed by atoms with Crippen molar-refractivity contribution in [2.24, 2.45) is 5.10 Å². The zero-order chi connectivity index (χ0) is 13.1. The first kappa shape index (κ1) is 11.9. The molecule has 0 saturated carbocycles. The van der Waals surface area contributed by atoms with Gasteiger partial charge in [0.15, 0.2) is 0 Å². The fraction of sp³-hybridized carbons (Fsp3) is 0. The molecular weight excluding hydrogens is 306 g/mol. The average molecular weight is 316 g/mol. The second kappa shape index (κ2) is 5.19. The monoisotopic (exact) mass is 315 g/mol. The molecule has 0 bridgehead atoms. The van der Waals surface area contributed by atoms with E-state index in [1.165, 1.54) is 0 Å². The first-order valence-corrected chi connectivity index (χ1v) is 6.44. The molecule has 2 heterocycles. The Balaban J connectivity index is 1.94. The number of nitrogens with zero attached hydrogens (tertiary/aromatic N) is 5. The third kappa shape index (κ3) is 2.63. The van der Waals surface area contributed by atoms with Crippen LogP contribution in [0.2, 0.25) is 0 Å². The molecule has 0 unspecified atom stereocenters. The summed E-state index contributed by atoms with van der Waals surface area (Å²) in [6.07, 6.45) is 6.85. The first-order valence-electron chi connectivity index (χ1n) is 5.65. The minimum atomic E-state index is 0.979. The average Bonchev–Trinajstić information content (AvgIpc) is 3.08. The van der Waals surface area contributed by atoms with Crippen molar-refractivity contribution in [3.63, 3.8) is 0 Å². The second-order valence-corrected chi connectivity index (χ2v) is 4.79.